The van der Waals surface area contributed by atoms with Gasteiger partial charge in [0.05, 0.1) is 30.9 Å². The lowest BCUT2D eigenvalue weighted by Gasteiger charge is -2.10. The number of carbonyl (C=O) groups excluding carboxylic acids is 1. The first-order valence-electron chi connectivity index (χ1n) is 7.55. The number of benzene rings is 2. The van der Waals surface area contributed by atoms with Gasteiger partial charge in [-0.1, -0.05) is 11.6 Å². The molecule has 0 amide bonds. The van der Waals surface area contributed by atoms with E-state index in [4.69, 9.17) is 35.5 Å². The van der Waals surface area contributed by atoms with Crippen molar-refractivity contribution in [3.05, 3.63) is 52.2 Å². The van der Waals surface area contributed by atoms with Crippen molar-refractivity contribution in [3.8, 4) is 23.3 Å². The fraction of sp³-hybridized carbons (Fsp3) is 0.158. The van der Waals surface area contributed by atoms with Crippen LogP contribution in [0.4, 0.5) is 0 Å². The number of esters is 1. The van der Waals surface area contributed by atoms with E-state index in [2.05, 4.69) is 0 Å². The standard InChI is InChI=1S/C19H14ClNO5/c1-10-13-8-12(23-2)4-5-15(13)25-17(10)19(22)26-18-14(20)6-11(9-21)7-16(18)24-3/h4-8H,1-3H3. The molecule has 0 aliphatic rings. The van der Waals surface area contributed by atoms with Crippen LogP contribution in [0.25, 0.3) is 11.0 Å². The van der Waals surface area contributed by atoms with Crippen LogP contribution in [0.1, 0.15) is 21.7 Å². The molecule has 1 aromatic heterocycles. The maximum Gasteiger partial charge on any atom is 0.380 e. The molecule has 0 saturated carbocycles. The topological polar surface area (TPSA) is 81.7 Å². The van der Waals surface area contributed by atoms with Crippen LogP contribution in [0.5, 0.6) is 17.2 Å². The van der Waals surface area contributed by atoms with Gasteiger partial charge in [-0.2, -0.15) is 5.26 Å². The summed E-state index contributed by atoms with van der Waals surface area (Å²) in [5, 5.41) is 9.83. The van der Waals surface area contributed by atoms with Crippen molar-refractivity contribution in [2.45, 2.75) is 6.92 Å². The molecule has 0 unspecified atom stereocenters. The minimum Gasteiger partial charge on any atom is -0.497 e. The Bertz CT molecular complexity index is 1050. The van der Waals surface area contributed by atoms with Crippen molar-refractivity contribution < 1.29 is 23.4 Å². The molecule has 1 heterocycles. The molecule has 6 nitrogen and oxygen atoms in total. The highest BCUT2D eigenvalue weighted by Gasteiger charge is 2.23. The Morgan fingerprint density at radius 2 is 1.96 bits per heavy atom. The van der Waals surface area contributed by atoms with Crippen LogP contribution in [0, 0.1) is 18.3 Å². The largest absolute Gasteiger partial charge is 0.497 e. The first kappa shape index (κ1) is 17.6. The Balaban J connectivity index is 2.00. The highest BCUT2D eigenvalue weighted by atomic mass is 35.5. The Kier molecular flexibility index (Phi) is 4.74. The maximum absolute atomic E-state index is 12.6. The lowest BCUT2D eigenvalue weighted by Crippen LogP contribution is -2.10. The number of nitrogens with zero attached hydrogens (tertiary/aromatic N) is 1. The lowest BCUT2D eigenvalue weighted by atomic mass is 10.1. The van der Waals surface area contributed by atoms with Crippen LogP contribution >= 0.6 is 11.6 Å². The summed E-state index contributed by atoms with van der Waals surface area (Å²) in [4.78, 5) is 12.6. The maximum atomic E-state index is 12.6. The number of methoxy groups -OCH3 is 2. The molecule has 132 valence electrons. The van der Waals surface area contributed by atoms with Crippen molar-refractivity contribution in [3.63, 3.8) is 0 Å². The number of hydrogen-bond donors (Lipinski definition) is 0. The molecule has 0 aliphatic carbocycles. The summed E-state index contributed by atoms with van der Waals surface area (Å²) in [6.45, 7) is 1.75. The van der Waals surface area contributed by atoms with E-state index in [1.807, 2.05) is 6.07 Å². The van der Waals surface area contributed by atoms with E-state index >= 15 is 0 Å². The zero-order valence-corrected chi connectivity index (χ0v) is 15.0. The molecule has 26 heavy (non-hydrogen) atoms. The van der Waals surface area contributed by atoms with E-state index in [9.17, 15) is 4.79 Å². The third-order valence-corrected chi connectivity index (χ3v) is 4.16. The van der Waals surface area contributed by atoms with Crippen LogP contribution in [0.2, 0.25) is 5.02 Å². The molecule has 3 aromatic rings. The number of carbonyl (C=O) groups is 1. The Hall–Kier alpha value is -3.17. The van der Waals surface area contributed by atoms with E-state index in [1.165, 1.54) is 19.2 Å². The lowest BCUT2D eigenvalue weighted by molar-refractivity contribution is 0.0698. The molecule has 0 saturated heterocycles. The Morgan fingerprint density at radius 3 is 2.62 bits per heavy atom. The summed E-state index contributed by atoms with van der Waals surface area (Å²) in [6.07, 6.45) is 0. The van der Waals surface area contributed by atoms with Crippen LogP contribution in [-0.2, 0) is 0 Å². The van der Waals surface area contributed by atoms with Gasteiger partial charge in [-0.15, -0.1) is 0 Å². The molecule has 0 N–H and O–H groups in total. The van der Waals surface area contributed by atoms with Gasteiger partial charge in [0.1, 0.15) is 11.3 Å². The van der Waals surface area contributed by atoms with E-state index < -0.39 is 5.97 Å². The fourth-order valence-electron chi connectivity index (χ4n) is 2.54. The van der Waals surface area contributed by atoms with E-state index in [-0.39, 0.29) is 22.3 Å². The van der Waals surface area contributed by atoms with E-state index in [1.54, 1.807) is 32.2 Å². The molecule has 7 heteroatoms. The molecule has 3 rings (SSSR count). The molecular weight excluding hydrogens is 358 g/mol. The number of aryl methyl sites for hydroxylation is 1. The Labute approximate surface area is 154 Å². The fourth-order valence-corrected chi connectivity index (χ4v) is 2.79. The molecular formula is C19H14ClNO5. The number of nitriles is 1. The smallest absolute Gasteiger partial charge is 0.380 e. The second-order valence-corrected chi connectivity index (χ2v) is 5.82. The van der Waals surface area contributed by atoms with Gasteiger partial charge in [0.25, 0.3) is 0 Å². The number of fused-ring (bicyclic) bond motifs is 1. The Morgan fingerprint density at radius 1 is 1.19 bits per heavy atom. The van der Waals surface area contributed by atoms with Crippen molar-refractivity contribution in [2.75, 3.05) is 14.2 Å². The molecule has 0 atom stereocenters. The number of furan rings is 1. The van der Waals surface area contributed by atoms with Crippen molar-refractivity contribution in [1.82, 2.24) is 0 Å². The van der Waals surface area contributed by atoms with Crippen molar-refractivity contribution in [2.24, 2.45) is 0 Å². The second kappa shape index (κ2) is 6.98. The van der Waals surface area contributed by atoms with Gasteiger partial charge in [0.2, 0.25) is 5.76 Å². The van der Waals surface area contributed by atoms with E-state index in [0.29, 0.717) is 22.5 Å². The first-order valence-corrected chi connectivity index (χ1v) is 7.93. The minimum absolute atomic E-state index is 0.0237. The monoisotopic (exact) mass is 371 g/mol. The molecule has 0 radical (unpaired) electrons. The van der Waals surface area contributed by atoms with Gasteiger partial charge in [-0.05, 0) is 31.2 Å². The molecule has 0 aliphatic heterocycles. The van der Waals surface area contributed by atoms with Crippen molar-refractivity contribution >= 4 is 28.5 Å². The zero-order chi connectivity index (χ0) is 18.8. The second-order valence-electron chi connectivity index (χ2n) is 5.41. The van der Waals surface area contributed by atoms with Crippen LogP contribution in [0.15, 0.2) is 34.7 Å². The summed E-state index contributed by atoms with van der Waals surface area (Å²) in [6, 6.07) is 10.0. The summed E-state index contributed by atoms with van der Waals surface area (Å²) in [5.41, 5.74) is 1.44. The molecule has 0 fully saturated rings. The van der Waals surface area contributed by atoms with Crippen LogP contribution in [-0.4, -0.2) is 20.2 Å². The van der Waals surface area contributed by atoms with Gasteiger partial charge >= 0.3 is 5.97 Å². The predicted octanol–water partition coefficient (Wildman–Crippen LogP) is 4.50. The quantitative estimate of drug-likeness (QED) is 0.496. The number of halogens is 1. The summed E-state index contributed by atoms with van der Waals surface area (Å²) in [5.74, 6) is 0.185. The first-order chi connectivity index (χ1) is 12.5. The summed E-state index contributed by atoms with van der Waals surface area (Å²) < 4.78 is 21.4. The highest BCUT2D eigenvalue weighted by molar-refractivity contribution is 6.32. The average molecular weight is 372 g/mol. The summed E-state index contributed by atoms with van der Waals surface area (Å²) in [7, 11) is 2.95. The third kappa shape index (κ3) is 3.05. The summed E-state index contributed by atoms with van der Waals surface area (Å²) >= 11 is 6.13. The van der Waals surface area contributed by atoms with Gasteiger partial charge in [0, 0.05) is 17.0 Å². The normalized spacial score (nSPS) is 10.4. The molecule has 0 bridgehead atoms. The van der Waals surface area contributed by atoms with Crippen molar-refractivity contribution in [1.29, 1.82) is 5.26 Å². The average Bonchev–Trinajstić information content (AvgIpc) is 2.99. The van der Waals surface area contributed by atoms with E-state index in [0.717, 1.165) is 5.39 Å². The van der Waals surface area contributed by atoms with Gasteiger partial charge < -0.3 is 18.6 Å². The van der Waals surface area contributed by atoms with Gasteiger partial charge in [-0.3, -0.25) is 0 Å². The minimum atomic E-state index is -0.720. The van der Waals surface area contributed by atoms with Crippen LogP contribution < -0.4 is 14.2 Å². The van der Waals surface area contributed by atoms with Crippen LogP contribution in [0.3, 0.4) is 0 Å². The number of ether oxygens (including phenoxy) is 3. The third-order valence-electron chi connectivity index (χ3n) is 3.88. The molecule has 0 spiro atoms. The highest BCUT2D eigenvalue weighted by Crippen LogP contribution is 2.37. The molecule has 2 aromatic carbocycles. The zero-order valence-electron chi connectivity index (χ0n) is 14.3. The predicted molar refractivity (Wildman–Crippen MR) is 95.2 cm³/mol. The SMILES string of the molecule is COc1ccc2oc(C(=O)Oc3c(Cl)cc(C#N)cc3OC)c(C)c2c1. The number of rotatable bonds is 4. The van der Waals surface area contributed by atoms with Gasteiger partial charge in [-0.25, -0.2) is 4.79 Å². The van der Waals surface area contributed by atoms with Gasteiger partial charge in [0.15, 0.2) is 11.5 Å². The number of hydrogen-bond acceptors (Lipinski definition) is 6.